The third-order valence-electron chi connectivity index (χ3n) is 2.37. The minimum absolute atomic E-state index is 0.261. The maximum absolute atomic E-state index is 11.8. The Morgan fingerprint density at radius 3 is 2.80 bits per heavy atom. The molecule has 1 aliphatic rings. The van der Waals surface area contributed by atoms with Crippen LogP contribution in [-0.2, 0) is 0 Å². The summed E-state index contributed by atoms with van der Waals surface area (Å²) in [4.78, 5) is 11.8. The number of hydrogen-bond acceptors (Lipinski definition) is 3. The van der Waals surface area contributed by atoms with Crippen molar-refractivity contribution in [3.05, 3.63) is 25.5 Å². The number of nitriles is 1. The minimum atomic E-state index is -0.429. The smallest absolute Gasteiger partial charge is 0.266 e. The van der Waals surface area contributed by atoms with Gasteiger partial charge in [0.05, 0.1) is 16.7 Å². The van der Waals surface area contributed by atoms with Crippen molar-refractivity contribution in [1.29, 1.82) is 5.26 Å². The molecule has 0 amide bonds. The molecule has 1 aromatic rings. The van der Waals surface area contributed by atoms with Crippen LogP contribution in [0.1, 0.15) is 18.9 Å². The van der Waals surface area contributed by atoms with E-state index in [1.54, 1.807) is 0 Å². The lowest BCUT2D eigenvalue weighted by atomic mass is 10.2. The summed E-state index contributed by atoms with van der Waals surface area (Å²) in [7, 11) is 0. The molecule has 1 fully saturated rings. The van der Waals surface area contributed by atoms with Gasteiger partial charge in [0.25, 0.3) is 5.56 Å². The Morgan fingerprint density at radius 1 is 1.60 bits per heavy atom. The highest BCUT2D eigenvalue weighted by Crippen LogP contribution is 2.38. The van der Waals surface area contributed by atoms with Crippen molar-refractivity contribution in [3.8, 4) is 6.07 Å². The van der Waals surface area contributed by atoms with Gasteiger partial charge in [-0.15, -0.1) is 0 Å². The molecular formula is C9H7Br2N3O. The molecule has 1 saturated carbocycles. The van der Waals surface area contributed by atoms with Crippen LogP contribution < -0.4 is 5.56 Å². The highest BCUT2D eigenvalue weighted by molar-refractivity contribution is 9.13. The summed E-state index contributed by atoms with van der Waals surface area (Å²) < 4.78 is 2.28. The van der Waals surface area contributed by atoms with E-state index in [9.17, 15) is 4.79 Å². The molecular weight excluding hydrogens is 326 g/mol. The molecule has 0 bridgehead atoms. The van der Waals surface area contributed by atoms with Gasteiger partial charge in [-0.3, -0.25) is 4.79 Å². The summed E-state index contributed by atoms with van der Waals surface area (Å²) in [5.74, 6) is 0.285. The number of halogens is 2. The van der Waals surface area contributed by atoms with Crippen molar-refractivity contribution in [1.82, 2.24) is 9.78 Å². The third-order valence-corrected chi connectivity index (χ3v) is 4.26. The van der Waals surface area contributed by atoms with Crippen LogP contribution in [0.25, 0.3) is 0 Å². The first-order valence-corrected chi connectivity index (χ1v) is 6.06. The van der Waals surface area contributed by atoms with Crippen LogP contribution in [0.5, 0.6) is 0 Å². The first-order valence-electron chi connectivity index (χ1n) is 4.47. The number of nitrogens with zero attached hydrogens (tertiary/aromatic N) is 3. The van der Waals surface area contributed by atoms with Gasteiger partial charge in [-0.25, -0.2) is 4.68 Å². The molecule has 1 heterocycles. The zero-order valence-electron chi connectivity index (χ0n) is 7.65. The van der Waals surface area contributed by atoms with Gasteiger partial charge in [-0.05, 0) is 50.6 Å². The molecule has 1 aliphatic carbocycles. The molecule has 78 valence electrons. The first kappa shape index (κ1) is 10.8. The Balaban J connectivity index is 2.49. The van der Waals surface area contributed by atoms with Gasteiger partial charge in [0.1, 0.15) is 10.5 Å². The van der Waals surface area contributed by atoms with Crippen LogP contribution in [0.15, 0.2) is 19.9 Å². The molecule has 4 nitrogen and oxygen atoms in total. The van der Waals surface area contributed by atoms with Crippen LogP contribution in [0, 0.1) is 17.2 Å². The van der Waals surface area contributed by atoms with Crippen LogP contribution in [0.4, 0.5) is 0 Å². The van der Waals surface area contributed by atoms with Crippen LogP contribution in [0.3, 0.4) is 0 Å². The van der Waals surface area contributed by atoms with E-state index in [-0.39, 0.29) is 11.5 Å². The molecule has 15 heavy (non-hydrogen) atoms. The van der Waals surface area contributed by atoms with Gasteiger partial charge >= 0.3 is 0 Å². The Kier molecular flexibility index (Phi) is 2.94. The van der Waals surface area contributed by atoms with Crippen LogP contribution in [0.2, 0.25) is 0 Å². The van der Waals surface area contributed by atoms with Crippen molar-refractivity contribution < 1.29 is 0 Å². The third kappa shape index (κ3) is 1.99. The summed E-state index contributed by atoms with van der Waals surface area (Å²) in [6, 6.07) is 1.70. The molecule has 0 saturated heterocycles. The van der Waals surface area contributed by atoms with E-state index in [0.29, 0.717) is 8.95 Å². The Hall–Kier alpha value is -0.670. The number of aromatic nitrogens is 2. The van der Waals surface area contributed by atoms with E-state index in [4.69, 9.17) is 5.26 Å². The topological polar surface area (TPSA) is 58.7 Å². The van der Waals surface area contributed by atoms with Gasteiger partial charge in [0, 0.05) is 0 Å². The fraction of sp³-hybridized carbons (Fsp3) is 0.444. The minimum Gasteiger partial charge on any atom is -0.266 e. The second-order valence-electron chi connectivity index (χ2n) is 3.47. The average molecular weight is 333 g/mol. The molecule has 0 N–H and O–H groups in total. The van der Waals surface area contributed by atoms with Gasteiger partial charge in [0.15, 0.2) is 0 Å². The molecule has 0 aromatic carbocycles. The van der Waals surface area contributed by atoms with Gasteiger partial charge in [-0.2, -0.15) is 10.4 Å². The monoisotopic (exact) mass is 331 g/mol. The highest BCUT2D eigenvalue weighted by Gasteiger charge is 2.34. The predicted octanol–water partition coefficient (Wildman–Crippen LogP) is 2.24. The SMILES string of the molecule is N#CC(C1CC1)n1ncc(Br)c(Br)c1=O. The maximum Gasteiger partial charge on any atom is 0.283 e. The van der Waals surface area contributed by atoms with E-state index in [1.165, 1.54) is 10.9 Å². The van der Waals surface area contributed by atoms with Crippen LogP contribution in [-0.4, -0.2) is 9.78 Å². The Labute approximate surface area is 103 Å². The zero-order valence-corrected chi connectivity index (χ0v) is 10.8. The summed E-state index contributed by atoms with van der Waals surface area (Å²) in [6.07, 6.45) is 3.53. The predicted molar refractivity (Wildman–Crippen MR) is 61.3 cm³/mol. The van der Waals surface area contributed by atoms with Crippen molar-refractivity contribution in [2.24, 2.45) is 5.92 Å². The standard InChI is InChI=1S/C9H7Br2N3O/c10-6-4-13-14(9(15)8(6)11)7(3-12)5-1-2-5/h4-5,7H,1-2H2. The van der Waals surface area contributed by atoms with E-state index in [2.05, 4.69) is 43.0 Å². The normalized spacial score (nSPS) is 17.1. The Morgan fingerprint density at radius 2 is 2.27 bits per heavy atom. The van der Waals surface area contributed by atoms with Crippen molar-refractivity contribution >= 4 is 31.9 Å². The van der Waals surface area contributed by atoms with Crippen molar-refractivity contribution in [2.45, 2.75) is 18.9 Å². The van der Waals surface area contributed by atoms with Gasteiger partial charge in [0.2, 0.25) is 0 Å². The fourth-order valence-corrected chi connectivity index (χ4v) is 1.94. The largest absolute Gasteiger partial charge is 0.283 e. The second-order valence-corrected chi connectivity index (χ2v) is 5.11. The number of hydrogen-bond donors (Lipinski definition) is 0. The molecule has 0 spiro atoms. The maximum atomic E-state index is 11.8. The van der Waals surface area contributed by atoms with Crippen molar-refractivity contribution in [3.63, 3.8) is 0 Å². The number of rotatable bonds is 2. The fourth-order valence-electron chi connectivity index (χ4n) is 1.39. The summed E-state index contributed by atoms with van der Waals surface area (Å²) in [5.41, 5.74) is -0.261. The molecule has 6 heteroatoms. The second kappa shape index (κ2) is 4.06. The lowest BCUT2D eigenvalue weighted by Crippen LogP contribution is -2.28. The lowest BCUT2D eigenvalue weighted by Gasteiger charge is -2.10. The first-order chi connectivity index (χ1) is 7.15. The van der Waals surface area contributed by atoms with Crippen LogP contribution >= 0.6 is 31.9 Å². The van der Waals surface area contributed by atoms with E-state index in [0.717, 1.165) is 12.8 Å². The lowest BCUT2D eigenvalue weighted by molar-refractivity contribution is 0.468. The quantitative estimate of drug-likeness (QED) is 0.834. The van der Waals surface area contributed by atoms with Gasteiger partial charge < -0.3 is 0 Å². The Bertz CT molecular complexity index is 487. The summed E-state index contributed by atoms with van der Waals surface area (Å²) in [5, 5.41) is 13.0. The zero-order chi connectivity index (χ0) is 11.0. The molecule has 1 unspecified atom stereocenters. The molecule has 1 aromatic heterocycles. The molecule has 0 aliphatic heterocycles. The molecule has 1 atom stereocenters. The van der Waals surface area contributed by atoms with E-state index in [1.807, 2.05) is 0 Å². The van der Waals surface area contributed by atoms with Crippen molar-refractivity contribution in [2.75, 3.05) is 0 Å². The molecule has 2 rings (SSSR count). The summed E-state index contributed by atoms with van der Waals surface area (Å²) in [6.45, 7) is 0. The summed E-state index contributed by atoms with van der Waals surface area (Å²) >= 11 is 6.37. The van der Waals surface area contributed by atoms with E-state index < -0.39 is 6.04 Å². The molecule has 0 radical (unpaired) electrons. The average Bonchev–Trinajstić information content (AvgIpc) is 3.03. The van der Waals surface area contributed by atoms with Gasteiger partial charge in [-0.1, -0.05) is 0 Å². The highest BCUT2D eigenvalue weighted by atomic mass is 79.9. The van der Waals surface area contributed by atoms with E-state index >= 15 is 0 Å².